The number of aromatic nitrogens is 4. The molecule has 2 aromatic heterocycles. The van der Waals surface area contributed by atoms with Crippen LogP contribution in [0.3, 0.4) is 0 Å². The summed E-state index contributed by atoms with van der Waals surface area (Å²) >= 11 is 0. The Morgan fingerprint density at radius 2 is 2.22 bits per heavy atom. The molecule has 2 rings (SSSR count). The summed E-state index contributed by atoms with van der Waals surface area (Å²) in [6.45, 7) is 5.27. The zero-order valence-corrected chi connectivity index (χ0v) is 10.8. The van der Waals surface area contributed by atoms with Gasteiger partial charge in [0.15, 0.2) is 0 Å². The molecular formula is C12H17N5O. The zero-order valence-electron chi connectivity index (χ0n) is 10.8. The third-order valence-corrected chi connectivity index (χ3v) is 2.80. The lowest BCUT2D eigenvalue weighted by atomic mass is 10.2. The van der Waals surface area contributed by atoms with Crippen LogP contribution in [0.15, 0.2) is 23.3 Å². The van der Waals surface area contributed by atoms with Crippen LogP contribution < -0.4 is 11.0 Å². The molecular weight excluding hydrogens is 230 g/mol. The molecule has 0 bridgehead atoms. The number of hydrogen-bond donors (Lipinski definition) is 1. The van der Waals surface area contributed by atoms with E-state index in [1.165, 1.54) is 6.20 Å². The number of nitrogens with zero attached hydrogens (tertiary/aromatic N) is 4. The first-order valence-corrected chi connectivity index (χ1v) is 5.91. The summed E-state index contributed by atoms with van der Waals surface area (Å²) in [6.07, 6.45) is 3.23. The standard InChI is InChI=1S/C12H17N5O/c1-4-13-11-10(9(2)15-16(11)3)8-17-7-5-6-14-12(17)18/h5-7,13H,4,8H2,1-3H3. The van der Waals surface area contributed by atoms with E-state index in [0.29, 0.717) is 6.54 Å². The van der Waals surface area contributed by atoms with Gasteiger partial charge in [-0.2, -0.15) is 5.10 Å². The average Bonchev–Trinajstić information content (AvgIpc) is 2.59. The summed E-state index contributed by atoms with van der Waals surface area (Å²) < 4.78 is 3.38. The smallest absolute Gasteiger partial charge is 0.347 e. The molecule has 0 fully saturated rings. The van der Waals surface area contributed by atoms with Crippen molar-refractivity contribution in [1.29, 1.82) is 0 Å². The van der Waals surface area contributed by atoms with E-state index in [1.807, 2.05) is 20.9 Å². The van der Waals surface area contributed by atoms with Gasteiger partial charge in [0.2, 0.25) is 0 Å². The van der Waals surface area contributed by atoms with Gasteiger partial charge in [-0.25, -0.2) is 9.78 Å². The SMILES string of the molecule is CCNc1c(Cn2cccnc2=O)c(C)nn1C. The van der Waals surface area contributed by atoms with Crippen LogP contribution in [0.4, 0.5) is 5.82 Å². The van der Waals surface area contributed by atoms with Gasteiger partial charge in [-0.3, -0.25) is 9.25 Å². The average molecular weight is 247 g/mol. The highest BCUT2D eigenvalue weighted by Crippen LogP contribution is 2.19. The molecule has 0 radical (unpaired) electrons. The van der Waals surface area contributed by atoms with Crippen molar-refractivity contribution in [2.24, 2.45) is 7.05 Å². The van der Waals surface area contributed by atoms with Gasteiger partial charge in [0.1, 0.15) is 5.82 Å². The van der Waals surface area contributed by atoms with Gasteiger partial charge >= 0.3 is 5.69 Å². The van der Waals surface area contributed by atoms with E-state index in [1.54, 1.807) is 21.5 Å². The number of aryl methyl sites for hydroxylation is 2. The Kier molecular flexibility index (Phi) is 3.45. The fourth-order valence-electron chi connectivity index (χ4n) is 1.96. The van der Waals surface area contributed by atoms with Gasteiger partial charge < -0.3 is 5.32 Å². The molecule has 1 N–H and O–H groups in total. The zero-order chi connectivity index (χ0) is 13.1. The molecule has 18 heavy (non-hydrogen) atoms. The largest absolute Gasteiger partial charge is 0.370 e. The molecule has 0 amide bonds. The molecule has 0 aliphatic heterocycles. The van der Waals surface area contributed by atoms with Crippen LogP contribution in [0.5, 0.6) is 0 Å². The van der Waals surface area contributed by atoms with Gasteiger partial charge in [0.25, 0.3) is 0 Å². The van der Waals surface area contributed by atoms with Crippen LogP contribution in [0.1, 0.15) is 18.2 Å². The summed E-state index contributed by atoms with van der Waals surface area (Å²) in [7, 11) is 1.89. The molecule has 2 aromatic rings. The Hall–Kier alpha value is -2.11. The van der Waals surface area contributed by atoms with E-state index in [-0.39, 0.29) is 5.69 Å². The molecule has 0 atom stereocenters. The molecule has 6 heteroatoms. The number of anilines is 1. The van der Waals surface area contributed by atoms with Crippen molar-refractivity contribution in [2.45, 2.75) is 20.4 Å². The molecule has 0 aliphatic rings. The lowest BCUT2D eigenvalue weighted by molar-refractivity contribution is 0.723. The minimum Gasteiger partial charge on any atom is -0.370 e. The maximum absolute atomic E-state index is 11.6. The summed E-state index contributed by atoms with van der Waals surface area (Å²) in [5.74, 6) is 0.950. The topological polar surface area (TPSA) is 64.7 Å². The highest BCUT2D eigenvalue weighted by molar-refractivity contribution is 5.47. The fourth-order valence-corrected chi connectivity index (χ4v) is 1.96. The number of nitrogens with one attached hydrogen (secondary N) is 1. The van der Waals surface area contributed by atoms with E-state index in [2.05, 4.69) is 15.4 Å². The monoisotopic (exact) mass is 247 g/mol. The third-order valence-electron chi connectivity index (χ3n) is 2.80. The molecule has 0 unspecified atom stereocenters. The predicted octanol–water partition coefficient (Wildman–Crippen LogP) is 0.765. The molecule has 0 aliphatic carbocycles. The molecule has 6 nitrogen and oxygen atoms in total. The van der Waals surface area contributed by atoms with Crippen molar-refractivity contribution in [3.63, 3.8) is 0 Å². The van der Waals surface area contributed by atoms with Crippen LogP contribution in [0, 0.1) is 6.92 Å². The first-order chi connectivity index (χ1) is 8.63. The number of rotatable bonds is 4. The van der Waals surface area contributed by atoms with Crippen molar-refractivity contribution in [1.82, 2.24) is 19.3 Å². The molecule has 0 saturated carbocycles. The maximum atomic E-state index is 11.6. The van der Waals surface area contributed by atoms with Crippen LogP contribution in [0.25, 0.3) is 0 Å². The molecule has 96 valence electrons. The quantitative estimate of drug-likeness (QED) is 0.866. The van der Waals surface area contributed by atoms with Crippen LogP contribution >= 0.6 is 0 Å². The predicted molar refractivity (Wildman–Crippen MR) is 69.7 cm³/mol. The van der Waals surface area contributed by atoms with Gasteiger partial charge in [-0.1, -0.05) is 0 Å². The Morgan fingerprint density at radius 1 is 1.44 bits per heavy atom. The third kappa shape index (κ3) is 2.27. The lowest BCUT2D eigenvalue weighted by Gasteiger charge is -2.09. The summed E-state index contributed by atoms with van der Waals surface area (Å²) in [5, 5.41) is 7.64. The van der Waals surface area contributed by atoms with Crippen molar-refractivity contribution < 1.29 is 0 Å². The lowest BCUT2D eigenvalue weighted by Crippen LogP contribution is -2.22. The highest BCUT2D eigenvalue weighted by Gasteiger charge is 2.13. The van der Waals surface area contributed by atoms with Crippen molar-refractivity contribution in [2.75, 3.05) is 11.9 Å². The normalized spacial score (nSPS) is 10.6. The minimum atomic E-state index is -0.247. The van der Waals surface area contributed by atoms with Gasteiger partial charge in [-0.15, -0.1) is 0 Å². The first kappa shape index (κ1) is 12.3. The van der Waals surface area contributed by atoms with Crippen molar-refractivity contribution in [3.05, 3.63) is 40.2 Å². The molecule has 0 spiro atoms. The Bertz CT molecular complexity index is 599. The van der Waals surface area contributed by atoms with E-state index in [0.717, 1.165) is 23.6 Å². The Morgan fingerprint density at radius 3 is 2.89 bits per heavy atom. The van der Waals surface area contributed by atoms with Gasteiger partial charge in [0, 0.05) is 31.5 Å². The summed E-state index contributed by atoms with van der Waals surface area (Å²) in [6, 6.07) is 1.75. The minimum absolute atomic E-state index is 0.247. The highest BCUT2D eigenvalue weighted by atomic mass is 16.1. The van der Waals surface area contributed by atoms with E-state index < -0.39 is 0 Å². The van der Waals surface area contributed by atoms with Gasteiger partial charge in [0.05, 0.1) is 12.2 Å². The Labute approximate surface area is 105 Å². The molecule has 0 saturated heterocycles. The van der Waals surface area contributed by atoms with Crippen LogP contribution in [-0.2, 0) is 13.6 Å². The van der Waals surface area contributed by atoms with E-state index in [4.69, 9.17) is 0 Å². The molecule has 0 aromatic carbocycles. The summed E-state index contributed by atoms with van der Waals surface area (Å²) in [5.41, 5.74) is 1.70. The van der Waals surface area contributed by atoms with Crippen molar-refractivity contribution >= 4 is 5.82 Å². The maximum Gasteiger partial charge on any atom is 0.347 e. The summed E-state index contributed by atoms with van der Waals surface area (Å²) in [4.78, 5) is 15.4. The Balaban J connectivity index is 2.40. The van der Waals surface area contributed by atoms with Crippen LogP contribution in [0.2, 0.25) is 0 Å². The first-order valence-electron chi connectivity index (χ1n) is 5.91. The second-order valence-corrected chi connectivity index (χ2v) is 4.10. The van der Waals surface area contributed by atoms with E-state index >= 15 is 0 Å². The number of hydrogen-bond acceptors (Lipinski definition) is 4. The van der Waals surface area contributed by atoms with Crippen molar-refractivity contribution in [3.8, 4) is 0 Å². The van der Waals surface area contributed by atoms with E-state index in [9.17, 15) is 4.79 Å². The second kappa shape index (κ2) is 5.03. The fraction of sp³-hybridized carbons (Fsp3) is 0.417. The van der Waals surface area contributed by atoms with Crippen LogP contribution in [-0.4, -0.2) is 25.9 Å². The van der Waals surface area contributed by atoms with Gasteiger partial charge in [-0.05, 0) is 19.9 Å². The molecule has 2 heterocycles. The second-order valence-electron chi connectivity index (χ2n) is 4.10.